The number of unbranched alkanes of at least 4 members (excludes halogenated alkanes) is 7. The lowest BCUT2D eigenvalue weighted by Crippen LogP contribution is -2.32. The third-order valence-electron chi connectivity index (χ3n) is 7.28. The fourth-order valence-corrected chi connectivity index (χ4v) is 5.26. The zero-order chi connectivity index (χ0) is 14.6. The van der Waals surface area contributed by atoms with Crippen molar-refractivity contribution in [3.8, 4) is 0 Å². The summed E-state index contributed by atoms with van der Waals surface area (Å²) in [5, 5.41) is 0. The van der Waals surface area contributed by atoms with Crippen LogP contribution in [-0.4, -0.2) is 0 Å². The van der Waals surface area contributed by atoms with E-state index in [0.29, 0.717) is 10.8 Å². The Morgan fingerprint density at radius 1 is 0.900 bits per heavy atom. The highest BCUT2D eigenvalue weighted by Crippen LogP contribution is 2.68. The van der Waals surface area contributed by atoms with Crippen molar-refractivity contribution in [3.63, 3.8) is 0 Å². The summed E-state index contributed by atoms with van der Waals surface area (Å²) in [4.78, 5) is 0. The molecule has 1 radical (unpaired) electrons. The predicted molar refractivity (Wildman–Crippen MR) is 89.6 cm³/mol. The standard InChI is InChI=1S/C20H37/c1-5-6-7-8-9-10-11-12-13-18-16-17-14-15-20(18,4)19(17,2)3/h17-18H,1,5-16H2,2-4H3. The lowest BCUT2D eigenvalue weighted by atomic mass is 9.65. The number of fused-ring (bicyclic) bond motifs is 2. The monoisotopic (exact) mass is 277 g/mol. The molecule has 0 saturated heterocycles. The molecule has 0 N–H and O–H groups in total. The van der Waals surface area contributed by atoms with Gasteiger partial charge in [0, 0.05) is 0 Å². The summed E-state index contributed by atoms with van der Waals surface area (Å²) in [6.07, 6.45) is 17.2. The summed E-state index contributed by atoms with van der Waals surface area (Å²) in [7, 11) is 0. The molecule has 0 aromatic rings. The summed E-state index contributed by atoms with van der Waals surface area (Å²) in [5.41, 5.74) is 1.28. The number of hydrogen-bond donors (Lipinski definition) is 0. The van der Waals surface area contributed by atoms with Gasteiger partial charge in [-0.15, -0.1) is 0 Å². The summed E-state index contributed by atoms with van der Waals surface area (Å²) in [5.74, 6) is 2.06. The smallest absolute Gasteiger partial charge is 0.0243 e. The van der Waals surface area contributed by atoms with E-state index in [1.807, 2.05) is 0 Å². The SMILES string of the molecule is [CH2]CCCCCCCCCC1CC2CCC1(C)C2(C)C. The third kappa shape index (κ3) is 3.09. The minimum atomic E-state index is 0.617. The molecule has 0 nitrogen and oxygen atoms in total. The molecule has 2 aliphatic rings. The molecule has 0 spiro atoms. The minimum absolute atomic E-state index is 0.617. The van der Waals surface area contributed by atoms with Crippen molar-refractivity contribution in [2.24, 2.45) is 22.7 Å². The first-order valence-corrected chi connectivity index (χ1v) is 9.31. The number of hydrogen-bond acceptors (Lipinski definition) is 0. The largest absolute Gasteiger partial charge is 0.0591 e. The van der Waals surface area contributed by atoms with E-state index in [1.54, 1.807) is 0 Å². The quantitative estimate of drug-likeness (QED) is 0.407. The molecule has 2 bridgehead atoms. The van der Waals surface area contributed by atoms with E-state index in [-0.39, 0.29) is 0 Å². The van der Waals surface area contributed by atoms with Crippen LogP contribution >= 0.6 is 0 Å². The molecule has 3 unspecified atom stereocenters. The molecule has 3 atom stereocenters. The average molecular weight is 278 g/mol. The van der Waals surface area contributed by atoms with Gasteiger partial charge in [-0.1, -0.05) is 79.1 Å². The Balaban J connectivity index is 1.59. The average Bonchev–Trinajstić information content (AvgIpc) is 2.75. The molecule has 117 valence electrons. The second-order valence-electron chi connectivity index (χ2n) is 8.42. The Hall–Kier alpha value is 0. The zero-order valence-electron chi connectivity index (χ0n) is 14.3. The van der Waals surface area contributed by atoms with Crippen molar-refractivity contribution in [2.45, 2.75) is 97.8 Å². The highest BCUT2D eigenvalue weighted by atomic mass is 14.6. The van der Waals surface area contributed by atoms with Crippen molar-refractivity contribution in [1.29, 1.82) is 0 Å². The van der Waals surface area contributed by atoms with Crippen LogP contribution in [0, 0.1) is 29.6 Å². The van der Waals surface area contributed by atoms with E-state index in [1.165, 1.54) is 70.6 Å². The van der Waals surface area contributed by atoms with Crippen LogP contribution < -0.4 is 0 Å². The molecule has 2 rings (SSSR count). The van der Waals surface area contributed by atoms with Gasteiger partial charge in [0.2, 0.25) is 0 Å². The van der Waals surface area contributed by atoms with Gasteiger partial charge in [-0.3, -0.25) is 0 Å². The summed E-state index contributed by atoms with van der Waals surface area (Å²) in [6, 6.07) is 0. The molecule has 2 aliphatic carbocycles. The maximum atomic E-state index is 3.91. The molecule has 0 aromatic carbocycles. The topological polar surface area (TPSA) is 0 Å². The van der Waals surface area contributed by atoms with Gasteiger partial charge in [0.05, 0.1) is 0 Å². The molecule has 0 aliphatic heterocycles. The van der Waals surface area contributed by atoms with Crippen molar-refractivity contribution >= 4 is 0 Å². The molecular weight excluding hydrogens is 240 g/mol. The zero-order valence-corrected chi connectivity index (χ0v) is 14.3. The van der Waals surface area contributed by atoms with Crippen LogP contribution in [-0.2, 0) is 0 Å². The van der Waals surface area contributed by atoms with E-state index in [2.05, 4.69) is 27.7 Å². The van der Waals surface area contributed by atoms with Gasteiger partial charge in [-0.2, -0.15) is 0 Å². The van der Waals surface area contributed by atoms with Crippen LogP contribution in [0.15, 0.2) is 0 Å². The van der Waals surface area contributed by atoms with Gasteiger partial charge in [0.25, 0.3) is 0 Å². The number of rotatable bonds is 9. The van der Waals surface area contributed by atoms with Gasteiger partial charge >= 0.3 is 0 Å². The minimum Gasteiger partial charge on any atom is -0.0591 e. The fourth-order valence-electron chi connectivity index (χ4n) is 5.26. The van der Waals surface area contributed by atoms with Gasteiger partial charge < -0.3 is 0 Å². The van der Waals surface area contributed by atoms with Crippen LogP contribution in [0.4, 0.5) is 0 Å². The third-order valence-corrected chi connectivity index (χ3v) is 7.28. The van der Waals surface area contributed by atoms with Gasteiger partial charge in [-0.25, -0.2) is 0 Å². The Labute approximate surface area is 128 Å². The maximum Gasteiger partial charge on any atom is -0.0243 e. The van der Waals surface area contributed by atoms with E-state index in [4.69, 9.17) is 0 Å². The van der Waals surface area contributed by atoms with E-state index in [9.17, 15) is 0 Å². The first kappa shape index (κ1) is 16.4. The van der Waals surface area contributed by atoms with Gasteiger partial charge in [0.1, 0.15) is 0 Å². The molecule has 0 heterocycles. The summed E-state index contributed by atoms with van der Waals surface area (Å²) in [6.45, 7) is 11.6. The Bertz CT molecular complexity index is 290. The van der Waals surface area contributed by atoms with Crippen molar-refractivity contribution < 1.29 is 0 Å². The normalized spacial score (nSPS) is 34.8. The first-order chi connectivity index (χ1) is 9.52. The van der Waals surface area contributed by atoms with Crippen LogP contribution in [0.5, 0.6) is 0 Å². The second-order valence-corrected chi connectivity index (χ2v) is 8.42. The van der Waals surface area contributed by atoms with E-state index < -0.39 is 0 Å². The maximum absolute atomic E-state index is 3.91. The van der Waals surface area contributed by atoms with Gasteiger partial charge in [0.15, 0.2) is 0 Å². The Morgan fingerprint density at radius 3 is 2.00 bits per heavy atom. The molecule has 0 amide bonds. The second kappa shape index (κ2) is 6.84. The summed E-state index contributed by atoms with van der Waals surface area (Å²) < 4.78 is 0. The fraction of sp³-hybridized carbons (Fsp3) is 0.950. The Morgan fingerprint density at radius 2 is 1.50 bits per heavy atom. The van der Waals surface area contributed by atoms with Crippen LogP contribution in [0.1, 0.15) is 97.8 Å². The van der Waals surface area contributed by atoms with Crippen molar-refractivity contribution in [1.82, 2.24) is 0 Å². The molecule has 2 fully saturated rings. The molecule has 0 heteroatoms. The van der Waals surface area contributed by atoms with Crippen LogP contribution in [0.2, 0.25) is 0 Å². The molecular formula is C20H37. The highest BCUT2D eigenvalue weighted by Gasteiger charge is 2.60. The van der Waals surface area contributed by atoms with Crippen molar-refractivity contribution in [2.75, 3.05) is 0 Å². The van der Waals surface area contributed by atoms with Crippen molar-refractivity contribution in [3.05, 3.63) is 6.92 Å². The predicted octanol–water partition coefficient (Wildman–Crippen LogP) is 6.79. The molecule has 2 saturated carbocycles. The van der Waals surface area contributed by atoms with Crippen LogP contribution in [0.3, 0.4) is 0 Å². The molecule has 20 heavy (non-hydrogen) atoms. The van der Waals surface area contributed by atoms with Gasteiger partial charge in [-0.05, 0) is 48.3 Å². The lowest BCUT2D eigenvalue weighted by Gasteiger charge is -2.39. The van der Waals surface area contributed by atoms with E-state index >= 15 is 0 Å². The lowest BCUT2D eigenvalue weighted by molar-refractivity contribution is 0.0961. The van der Waals surface area contributed by atoms with Crippen LogP contribution in [0.25, 0.3) is 0 Å². The summed E-state index contributed by atoms with van der Waals surface area (Å²) >= 11 is 0. The highest BCUT2D eigenvalue weighted by molar-refractivity contribution is 5.09. The molecule has 0 aromatic heterocycles. The first-order valence-electron chi connectivity index (χ1n) is 9.31. The Kier molecular flexibility index (Phi) is 5.60. The van der Waals surface area contributed by atoms with E-state index in [0.717, 1.165) is 18.3 Å².